The van der Waals surface area contributed by atoms with Gasteiger partial charge in [-0.2, -0.15) is 8.42 Å². The Morgan fingerprint density at radius 2 is 2.07 bits per heavy atom. The van der Waals surface area contributed by atoms with Crippen molar-refractivity contribution >= 4 is 16.0 Å². The zero-order chi connectivity index (χ0) is 10.5. The zero-order valence-corrected chi connectivity index (χ0v) is 11.2. The molecule has 0 aliphatic carbocycles. The Labute approximate surface area is 107 Å². The summed E-state index contributed by atoms with van der Waals surface area (Å²) in [5, 5.41) is 0. The number of nitrogens with two attached hydrogens (primary N) is 1. The molecule has 0 aliphatic rings. The third-order valence-corrected chi connectivity index (χ3v) is 2.33. The first-order valence-corrected chi connectivity index (χ1v) is 5.31. The molecule has 0 saturated heterocycles. The first-order valence-electron chi connectivity index (χ1n) is 3.87. The van der Waals surface area contributed by atoms with Crippen LogP contribution in [-0.4, -0.2) is 18.9 Å². The van der Waals surface area contributed by atoms with Gasteiger partial charge in [-0.3, -0.25) is 9.35 Å². The van der Waals surface area contributed by atoms with Crippen LogP contribution in [0.4, 0.5) is 0 Å². The smallest absolute Gasteiger partial charge is 1.00 e. The fourth-order valence-electron chi connectivity index (χ4n) is 0.770. The Morgan fingerprint density at radius 1 is 1.57 bits per heavy atom. The molecule has 78 valence electrons. The molecule has 0 radical (unpaired) electrons. The molecule has 0 fully saturated rings. The Kier molecular flexibility index (Phi) is 8.77. The normalized spacial score (nSPS) is 12.0. The number of hydrogen-bond acceptors (Lipinski definition) is 3. The fraction of sp³-hybridized carbons (Fsp3) is 0.571. The van der Waals surface area contributed by atoms with Gasteiger partial charge in [-0.05, 0) is 6.42 Å². The van der Waals surface area contributed by atoms with Crippen LogP contribution in [0.25, 0.3) is 0 Å². The van der Waals surface area contributed by atoms with Gasteiger partial charge in [0.1, 0.15) is 0 Å². The molecule has 0 spiro atoms. The second-order valence-electron chi connectivity index (χ2n) is 2.55. The van der Waals surface area contributed by atoms with Crippen LogP contribution in [-0.2, 0) is 14.9 Å². The number of allylic oxidation sites excluding steroid dienone is 1. The summed E-state index contributed by atoms with van der Waals surface area (Å²) in [6.07, 6.45) is 3.16. The van der Waals surface area contributed by atoms with Crippen LogP contribution in [0.15, 0.2) is 11.0 Å². The van der Waals surface area contributed by atoms with Gasteiger partial charge in [0, 0.05) is 0 Å². The maximum atomic E-state index is 10.6. The summed E-state index contributed by atoms with van der Waals surface area (Å²) in [6.45, 7) is 1.92. The number of carbonyl (C=O) groups excluding carboxylic acids is 1. The van der Waals surface area contributed by atoms with E-state index in [4.69, 9.17) is 10.3 Å². The summed E-state index contributed by atoms with van der Waals surface area (Å²) in [7, 11) is -4.46. The summed E-state index contributed by atoms with van der Waals surface area (Å²) >= 11 is 0. The minimum atomic E-state index is -4.46. The molecule has 0 aromatic rings. The molecular weight excluding hydrogens is 217 g/mol. The number of carbonyl (C=O) groups is 1. The van der Waals surface area contributed by atoms with Gasteiger partial charge in [0.15, 0.2) is 4.91 Å². The van der Waals surface area contributed by atoms with Crippen LogP contribution < -0.4 is 35.3 Å². The van der Waals surface area contributed by atoms with E-state index < -0.39 is 20.9 Å². The molecule has 1 amide bonds. The number of primary amides is 1. The van der Waals surface area contributed by atoms with Crippen LogP contribution in [0.2, 0.25) is 0 Å². The van der Waals surface area contributed by atoms with E-state index in [0.717, 1.165) is 18.9 Å². The Hall–Kier alpha value is 0.120. The molecule has 0 saturated carbocycles. The summed E-state index contributed by atoms with van der Waals surface area (Å²) in [6, 6.07) is 0. The number of unbranched alkanes of at least 4 members (excludes halogenated alkanes) is 2. The predicted octanol–water partition coefficient (Wildman–Crippen LogP) is -2.45. The number of rotatable bonds is 5. The first kappa shape index (κ1) is 16.5. The molecule has 0 bridgehead atoms. The fourth-order valence-corrected chi connectivity index (χ4v) is 1.35. The number of hydrogen-bond donors (Lipinski definition) is 2. The van der Waals surface area contributed by atoms with Gasteiger partial charge < -0.3 is 7.16 Å². The quantitative estimate of drug-likeness (QED) is 0.237. The molecule has 0 heterocycles. The van der Waals surface area contributed by atoms with Crippen LogP contribution >= 0.6 is 0 Å². The maximum absolute atomic E-state index is 10.6. The topological polar surface area (TPSA) is 97.5 Å². The average molecular weight is 231 g/mol. The van der Waals surface area contributed by atoms with Gasteiger partial charge in [0.2, 0.25) is 0 Å². The second kappa shape index (κ2) is 7.42. The minimum absolute atomic E-state index is 0. The van der Waals surface area contributed by atoms with E-state index in [1.165, 1.54) is 0 Å². The molecule has 0 rings (SSSR count). The molecule has 0 aromatic heterocycles. The Balaban J connectivity index is -0.000000720. The first-order chi connectivity index (χ1) is 5.89. The SMILES string of the molecule is CCCC/C=C(\C(N)=O)S(=O)(=O)O.[H-].[Na+]. The monoisotopic (exact) mass is 231 g/mol. The Bertz CT molecular complexity index is 315. The van der Waals surface area contributed by atoms with Crippen molar-refractivity contribution in [3.8, 4) is 0 Å². The van der Waals surface area contributed by atoms with E-state index in [-0.39, 0.29) is 31.0 Å². The van der Waals surface area contributed by atoms with Crippen LogP contribution in [0, 0.1) is 0 Å². The molecule has 0 unspecified atom stereocenters. The molecule has 0 aliphatic heterocycles. The summed E-state index contributed by atoms with van der Waals surface area (Å²) in [5.74, 6) is -1.13. The standard InChI is InChI=1S/C7H13NO4S.Na.H/c1-2-3-4-5-6(7(8)9)13(10,11)12;;/h5H,2-4H2,1H3,(H2,8,9)(H,10,11,12);;/q;+1;-1/b6-5+;;. The van der Waals surface area contributed by atoms with Crippen LogP contribution in [0.3, 0.4) is 0 Å². The number of amides is 1. The van der Waals surface area contributed by atoms with Gasteiger partial charge >= 0.3 is 29.6 Å². The van der Waals surface area contributed by atoms with Crippen molar-refractivity contribution < 1.29 is 48.7 Å². The second-order valence-corrected chi connectivity index (χ2v) is 3.94. The molecule has 0 atom stereocenters. The van der Waals surface area contributed by atoms with Gasteiger partial charge in [-0.15, -0.1) is 0 Å². The van der Waals surface area contributed by atoms with E-state index in [2.05, 4.69) is 0 Å². The van der Waals surface area contributed by atoms with Crippen molar-refractivity contribution in [3.05, 3.63) is 11.0 Å². The molecule has 0 aromatic carbocycles. The van der Waals surface area contributed by atoms with Gasteiger partial charge in [0.25, 0.3) is 16.0 Å². The van der Waals surface area contributed by atoms with Crippen LogP contribution in [0.1, 0.15) is 27.6 Å². The van der Waals surface area contributed by atoms with Crippen LogP contribution in [0.5, 0.6) is 0 Å². The molecular formula is C7H14NNaO4S. The van der Waals surface area contributed by atoms with Gasteiger partial charge in [-0.1, -0.05) is 25.8 Å². The zero-order valence-electron chi connectivity index (χ0n) is 9.36. The van der Waals surface area contributed by atoms with Crippen molar-refractivity contribution in [2.24, 2.45) is 5.73 Å². The Morgan fingerprint density at radius 3 is 2.36 bits per heavy atom. The van der Waals surface area contributed by atoms with Crippen molar-refractivity contribution in [3.63, 3.8) is 0 Å². The third kappa shape index (κ3) is 6.56. The van der Waals surface area contributed by atoms with E-state index in [1.807, 2.05) is 6.92 Å². The summed E-state index contributed by atoms with van der Waals surface area (Å²) < 4.78 is 29.7. The predicted molar refractivity (Wildman–Crippen MR) is 49.5 cm³/mol. The maximum Gasteiger partial charge on any atom is 1.00 e. The van der Waals surface area contributed by atoms with Crippen molar-refractivity contribution in [2.45, 2.75) is 26.2 Å². The van der Waals surface area contributed by atoms with Crippen molar-refractivity contribution in [1.29, 1.82) is 0 Å². The van der Waals surface area contributed by atoms with Gasteiger partial charge in [-0.25, -0.2) is 0 Å². The summed E-state index contributed by atoms with van der Waals surface area (Å²) in [4.78, 5) is 9.83. The van der Waals surface area contributed by atoms with E-state index in [0.29, 0.717) is 6.42 Å². The minimum Gasteiger partial charge on any atom is -1.00 e. The average Bonchev–Trinajstić information content (AvgIpc) is 1.94. The van der Waals surface area contributed by atoms with Gasteiger partial charge in [0.05, 0.1) is 0 Å². The van der Waals surface area contributed by atoms with Crippen molar-refractivity contribution in [1.82, 2.24) is 0 Å². The molecule has 3 N–H and O–H groups in total. The summed E-state index contributed by atoms with van der Waals surface area (Å²) in [5.41, 5.74) is 4.76. The molecule has 14 heavy (non-hydrogen) atoms. The van der Waals surface area contributed by atoms with Crippen molar-refractivity contribution in [2.75, 3.05) is 0 Å². The van der Waals surface area contributed by atoms with E-state index in [9.17, 15) is 13.2 Å². The van der Waals surface area contributed by atoms with E-state index >= 15 is 0 Å². The van der Waals surface area contributed by atoms with E-state index in [1.54, 1.807) is 0 Å². The largest absolute Gasteiger partial charge is 1.00 e. The molecule has 7 heteroatoms. The third-order valence-electron chi connectivity index (χ3n) is 1.41. The molecule has 5 nitrogen and oxygen atoms in total.